The number of rotatable bonds is 8. The van der Waals surface area contributed by atoms with Crippen molar-refractivity contribution in [1.29, 1.82) is 0 Å². The van der Waals surface area contributed by atoms with Crippen molar-refractivity contribution in [3.63, 3.8) is 0 Å². The molecule has 0 aliphatic heterocycles. The van der Waals surface area contributed by atoms with Gasteiger partial charge in [-0.1, -0.05) is 17.9 Å². The lowest BCUT2D eigenvalue weighted by Crippen LogP contribution is -2.27. The number of aromatic nitrogens is 3. The Labute approximate surface area is 207 Å². The molecule has 0 saturated heterocycles. The van der Waals surface area contributed by atoms with E-state index in [4.69, 9.17) is 15.2 Å². The van der Waals surface area contributed by atoms with Gasteiger partial charge >= 0.3 is 0 Å². The number of hydrogen-bond acceptors (Lipinski definition) is 8. The van der Waals surface area contributed by atoms with Crippen LogP contribution in [0, 0.1) is 22.0 Å². The summed E-state index contributed by atoms with van der Waals surface area (Å²) in [5.74, 6) is 7.21. The van der Waals surface area contributed by atoms with E-state index in [1.807, 2.05) is 17.6 Å². The molecule has 186 valence electrons. The average Bonchev–Trinajstić information content (AvgIpc) is 3.18. The van der Waals surface area contributed by atoms with Gasteiger partial charge in [-0.2, -0.15) is 0 Å². The first-order valence-corrected chi connectivity index (χ1v) is 11.4. The normalized spacial score (nSPS) is 11.4. The molecule has 4 aromatic rings. The van der Waals surface area contributed by atoms with E-state index in [-0.39, 0.29) is 24.7 Å². The van der Waals surface area contributed by atoms with Crippen molar-refractivity contribution in [2.75, 3.05) is 18.9 Å². The van der Waals surface area contributed by atoms with E-state index in [2.05, 4.69) is 21.8 Å². The number of hydrogen-bond donors (Lipinski definition) is 2. The minimum Gasteiger partial charge on any atom is -0.481 e. The molecular formula is C26H27N5O5. The van der Waals surface area contributed by atoms with Crippen molar-refractivity contribution < 1.29 is 19.5 Å². The summed E-state index contributed by atoms with van der Waals surface area (Å²) in [5.41, 5.74) is 7.74. The fraction of sp³-hybridized carbons (Fsp3) is 0.308. The quantitative estimate of drug-likeness (QED) is 0.216. The van der Waals surface area contributed by atoms with Gasteiger partial charge in [0, 0.05) is 35.8 Å². The number of fused-ring (bicyclic) bond motifs is 3. The molecule has 2 heterocycles. The Balaban J connectivity index is 1.64. The van der Waals surface area contributed by atoms with E-state index in [9.17, 15) is 15.2 Å². The van der Waals surface area contributed by atoms with Gasteiger partial charge in [0.25, 0.3) is 5.69 Å². The van der Waals surface area contributed by atoms with Crippen LogP contribution >= 0.6 is 0 Å². The number of imidazole rings is 1. The molecule has 0 bridgehead atoms. The van der Waals surface area contributed by atoms with Gasteiger partial charge in [-0.15, -0.1) is 0 Å². The third-order valence-corrected chi connectivity index (χ3v) is 5.34. The number of pyridine rings is 1. The fourth-order valence-electron chi connectivity index (χ4n) is 3.84. The number of aliphatic hydroxyl groups is 1. The highest BCUT2D eigenvalue weighted by atomic mass is 16.6. The van der Waals surface area contributed by atoms with Crippen LogP contribution in [-0.4, -0.2) is 43.4 Å². The predicted molar refractivity (Wildman–Crippen MR) is 137 cm³/mol. The maximum atomic E-state index is 10.9. The zero-order valence-electron chi connectivity index (χ0n) is 20.3. The van der Waals surface area contributed by atoms with Gasteiger partial charge in [0.05, 0.1) is 28.1 Å². The Bertz CT molecular complexity index is 1490. The molecule has 0 fully saturated rings. The van der Waals surface area contributed by atoms with Crippen molar-refractivity contribution >= 4 is 33.4 Å². The summed E-state index contributed by atoms with van der Waals surface area (Å²) in [5, 5.41) is 22.3. The van der Waals surface area contributed by atoms with Gasteiger partial charge in [-0.25, -0.2) is 9.97 Å². The maximum absolute atomic E-state index is 10.9. The highest BCUT2D eigenvalue weighted by Crippen LogP contribution is 2.32. The molecule has 10 heteroatoms. The second-order valence-corrected chi connectivity index (χ2v) is 8.83. The van der Waals surface area contributed by atoms with Crippen molar-refractivity contribution in [3.05, 3.63) is 64.0 Å². The first-order valence-electron chi connectivity index (χ1n) is 11.4. The van der Waals surface area contributed by atoms with Crippen LogP contribution in [0.1, 0.15) is 32.2 Å². The minimum atomic E-state index is -0.986. The third kappa shape index (κ3) is 5.54. The highest BCUT2D eigenvalue weighted by Gasteiger charge is 2.22. The number of nitro groups is 1. The monoisotopic (exact) mass is 489 g/mol. The highest BCUT2D eigenvalue weighted by molar-refractivity contribution is 6.07. The average molecular weight is 490 g/mol. The van der Waals surface area contributed by atoms with Gasteiger partial charge < -0.3 is 24.9 Å². The number of ether oxygens (including phenoxy) is 2. The molecule has 0 saturated carbocycles. The van der Waals surface area contributed by atoms with E-state index in [0.29, 0.717) is 41.3 Å². The Morgan fingerprint density at radius 3 is 2.75 bits per heavy atom. The number of anilines is 1. The van der Waals surface area contributed by atoms with Crippen LogP contribution in [0.2, 0.25) is 0 Å². The summed E-state index contributed by atoms with van der Waals surface area (Å²) in [6, 6.07) is 11.6. The molecule has 0 aliphatic rings. The Morgan fingerprint density at radius 1 is 1.22 bits per heavy atom. The number of nitrogens with two attached hydrogens (primary N) is 1. The Morgan fingerprint density at radius 2 is 2.03 bits per heavy atom. The second-order valence-electron chi connectivity index (χ2n) is 8.83. The van der Waals surface area contributed by atoms with E-state index in [0.717, 1.165) is 10.9 Å². The number of non-ortho nitro benzene ring substituents is 1. The van der Waals surface area contributed by atoms with E-state index >= 15 is 0 Å². The zero-order valence-corrected chi connectivity index (χ0v) is 20.3. The molecule has 0 spiro atoms. The van der Waals surface area contributed by atoms with E-state index in [1.165, 1.54) is 12.1 Å². The third-order valence-electron chi connectivity index (χ3n) is 5.34. The fourth-order valence-corrected chi connectivity index (χ4v) is 3.84. The first kappa shape index (κ1) is 24.9. The van der Waals surface area contributed by atoms with Crippen LogP contribution in [0.15, 0.2) is 42.5 Å². The van der Waals surface area contributed by atoms with E-state index in [1.54, 1.807) is 38.1 Å². The van der Waals surface area contributed by atoms with Crippen molar-refractivity contribution in [3.8, 4) is 17.6 Å². The molecule has 0 unspecified atom stereocenters. The lowest BCUT2D eigenvalue weighted by Gasteiger charge is -2.20. The topological polar surface area (TPSA) is 139 Å². The van der Waals surface area contributed by atoms with Gasteiger partial charge in [-0.05, 0) is 39.0 Å². The molecule has 0 amide bonds. The van der Waals surface area contributed by atoms with Gasteiger partial charge in [0.2, 0.25) is 0 Å². The molecule has 36 heavy (non-hydrogen) atoms. The van der Waals surface area contributed by atoms with E-state index < -0.39 is 10.5 Å². The van der Waals surface area contributed by atoms with Gasteiger partial charge in [0.1, 0.15) is 30.3 Å². The summed E-state index contributed by atoms with van der Waals surface area (Å²) in [6.07, 6.45) is 0. The van der Waals surface area contributed by atoms with Crippen LogP contribution in [0.25, 0.3) is 21.9 Å². The predicted octanol–water partition coefficient (Wildman–Crippen LogP) is 3.81. The Kier molecular flexibility index (Phi) is 7.05. The summed E-state index contributed by atoms with van der Waals surface area (Å²) >= 11 is 0. The van der Waals surface area contributed by atoms with Gasteiger partial charge in [-0.3, -0.25) is 10.1 Å². The van der Waals surface area contributed by atoms with Crippen molar-refractivity contribution in [2.45, 2.75) is 39.5 Å². The Hall–Kier alpha value is -4.20. The largest absolute Gasteiger partial charge is 0.481 e. The molecule has 0 radical (unpaired) electrons. The second kappa shape index (κ2) is 10.2. The van der Waals surface area contributed by atoms with Crippen molar-refractivity contribution in [2.24, 2.45) is 0 Å². The molecule has 3 N–H and O–H groups in total. The van der Waals surface area contributed by atoms with Crippen LogP contribution in [0.5, 0.6) is 5.75 Å². The van der Waals surface area contributed by atoms with Gasteiger partial charge in [0.15, 0.2) is 5.82 Å². The first-order chi connectivity index (χ1) is 17.2. The number of nitrogen functional groups attached to an aromatic ring is 1. The smallest absolute Gasteiger partial charge is 0.270 e. The van der Waals surface area contributed by atoms with Crippen LogP contribution in [-0.2, 0) is 17.9 Å². The summed E-state index contributed by atoms with van der Waals surface area (Å²) < 4.78 is 13.3. The molecular weight excluding hydrogens is 462 g/mol. The van der Waals surface area contributed by atoms with Crippen LogP contribution in [0.3, 0.4) is 0 Å². The molecule has 10 nitrogen and oxygen atoms in total. The molecule has 0 aliphatic carbocycles. The summed E-state index contributed by atoms with van der Waals surface area (Å²) in [7, 11) is 0. The summed E-state index contributed by atoms with van der Waals surface area (Å²) in [6.45, 7) is 6.58. The zero-order chi connectivity index (χ0) is 25.9. The molecule has 0 atom stereocenters. The molecule has 4 rings (SSSR count). The standard InChI is InChI=1S/C26H27N5O5/c1-4-35-15-22-29-23-24(30(22)16-26(2,3)32)20-11-10-19(14-21(20)28-25(23)27)36-12-6-8-17-7-5-9-18(13-17)31(33)34/h5,7,9-11,13-14,32H,4,12,15-16H2,1-3H3,(H2,27,28). The van der Waals surface area contributed by atoms with Crippen LogP contribution < -0.4 is 10.5 Å². The molecule has 2 aromatic heterocycles. The lowest BCUT2D eigenvalue weighted by molar-refractivity contribution is -0.384. The lowest BCUT2D eigenvalue weighted by atomic mass is 10.1. The molecule has 2 aromatic carbocycles. The SMILES string of the molecule is CCOCc1nc2c(N)nc3cc(OCC#Cc4cccc([N+](=O)[O-])c4)ccc3c2n1CC(C)(C)O. The number of nitro benzene ring substituents is 1. The number of nitrogens with zero attached hydrogens (tertiary/aromatic N) is 4. The maximum Gasteiger partial charge on any atom is 0.270 e. The minimum absolute atomic E-state index is 0.0135. The number of benzene rings is 2. The summed E-state index contributed by atoms with van der Waals surface area (Å²) in [4.78, 5) is 19.6. The van der Waals surface area contributed by atoms with Crippen molar-refractivity contribution in [1.82, 2.24) is 14.5 Å². The van der Waals surface area contributed by atoms with Crippen LogP contribution in [0.4, 0.5) is 11.5 Å².